The lowest BCUT2D eigenvalue weighted by molar-refractivity contribution is 0.801. The highest BCUT2D eigenvalue weighted by Gasteiger charge is 2.01. The Labute approximate surface area is 58.1 Å². The van der Waals surface area contributed by atoms with Crippen molar-refractivity contribution in [3.63, 3.8) is 0 Å². The quantitative estimate of drug-likeness (QED) is 0.524. The highest BCUT2D eigenvalue weighted by Crippen LogP contribution is 2.01. The van der Waals surface area contributed by atoms with Crippen LogP contribution < -0.4 is 0 Å². The minimum absolute atomic E-state index is 0.975. The Morgan fingerprint density at radius 2 is 2.30 bits per heavy atom. The Morgan fingerprint density at radius 3 is 3.00 bits per heavy atom. The molecule has 0 aliphatic rings. The first-order chi connectivity index (χ1) is 4.79. The molecule has 0 amide bonds. The van der Waals surface area contributed by atoms with E-state index in [4.69, 9.17) is 0 Å². The van der Waals surface area contributed by atoms with Gasteiger partial charge in [0.1, 0.15) is 5.82 Å². The van der Waals surface area contributed by atoms with Gasteiger partial charge in [0.15, 0.2) is 5.65 Å². The van der Waals surface area contributed by atoms with E-state index in [2.05, 4.69) is 10.2 Å². The lowest BCUT2D eigenvalue weighted by Gasteiger charge is -1.88. The monoisotopic (exact) mass is 136 g/mol. The number of nitrogens with zero attached hydrogens (tertiary/aromatic N) is 4. The molecule has 0 radical (unpaired) electrons. The molecule has 0 aliphatic heterocycles. The summed E-state index contributed by atoms with van der Waals surface area (Å²) in [7, 11) is 1.97. The zero-order chi connectivity index (χ0) is 7.14. The van der Waals surface area contributed by atoms with E-state index < -0.39 is 0 Å². The predicted octanol–water partition coefficient (Wildman–Crippen LogP) is 0.376. The number of fused-ring (bicyclic) bond motifs is 1. The number of rotatable bonds is 0. The Kier molecular flexibility index (Phi) is 0.869. The zero-order valence-corrected chi connectivity index (χ0v) is 5.94. The first-order valence-corrected chi connectivity index (χ1v) is 3.12. The average Bonchev–Trinajstić information content (AvgIpc) is 2.41. The summed E-state index contributed by atoms with van der Waals surface area (Å²) in [5.74, 6) is 0.975. The summed E-state index contributed by atoms with van der Waals surface area (Å²) in [6.07, 6.45) is 1.74. The van der Waals surface area contributed by atoms with Gasteiger partial charge in [-0.05, 0) is 6.92 Å². The summed E-state index contributed by atoms with van der Waals surface area (Å²) in [6.45, 7) is 1.95. The molecule has 2 rings (SSSR count). The molecular weight excluding hydrogens is 128 g/mol. The molecule has 52 valence electrons. The minimum atomic E-state index is 0.975. The van der Waals surface area contributed by atoms with Crippen molar-refractivity contribution in [2.75, 3.05) is 0 Å². The highest BCUT2D eigenvalue weighted by molar-refractivity contribution is 5.36. The van der Waals surface area contributed by atoms with Gasteiger partial charge in [-0.3, -0.25) is 0 Å². The van der Waals surface area contributed by atoms with Crippen LogP contribution >= 0.6 is 0 Å². The molecular formula is C6H8N4. The van der Waals surface area contributed by atoms with Crippen molar-refractivity contribution in [1.29, 1.82) is 0 Å². The predicted molar refractivity (Wildman–Crippen MR) is 36.7 cm³/mol. The lowest BCUT2D eigenvalue weighted by atomic mass is 10.6. The largest absolute Gasteiger partial charge is 0.315 e. The van der Waals surface area contributed by atoms with E-state index in [0.29, 0.717) is 0 Å². The maximum absolute atomic E-state index is 4.14. The van der Waals surface area contributed by atoms with Crippen LogP contribution in [0.25, 0.3) is 5.65 Å². The number of hydrogen-bond donors (Lipinski definition) is 0. The fourth-order valence-corrected chi connectivity index (χ4v) is 0.982. The van der Waals surface area contributed by atoms with Crippen LogP contribution in [0.4, 0.5) is 0 Å². The van der Waals surface area contributed by atoms with Crippen molar-refractivity contribution in [3.05, 3.63) is 18.1 Å². The van der Waals surface area contributed by atoms with Crippen molar-refractivity contribution in [1.82, 2.24) is 19.4 Å². The van der Waals surface area contributed by atoms with Gasteiger partial charge in [-0.2, -0.15) is 5.10 Å². The second-order valence-corrected chi connectivity index (χ2v) is 2.29. The Bertz CT molecular complexity index is 357. The fraction of sp³-hybridized carbons (Fsp3) is 0.333. The van der Waals surface area contributed by atoms with Crippen LogP contribution in [0, 0.1) is 6.92 Å². The van der Waals surface area contributed by atoms with E-state index in [-0.39, 0.29) is 0 Å². The third-order valence-corrected chi connectivity index (χ3v) is 1.67. The fourth-order valence-electron chi connectivity index (χ4n) is 0.982. The summed E-state index contributed by atoms with van der Waals surface area (Å²) < 4.78 is 3.61. The Morgan fingerprint density at radius 1 is 1.50 bits per heavy atom. The molecule has 0 aliphatic carbocycles. The molecule has 0 unspecified atom stereocenters. The molecule has 4 heteroatoms. The molecule has 0 aromatic carbocycles. The van der Waals surface area contributed by atoms with Gasteiger partial charge in [-0.1, -0.05) is 0 Å². The number of aryl methyl sites for hydroxylation is 2. The molecule has 2 aromatic rings. The summed E-state index contributed by atoms with van der Waals surface area (Å²) in [4.78, 5) is 0. The van der Waals surface area contributed by atoms with E-state index in [1.807, 2.05) is 24.6 Å². The molecule has 0 saturated carbocycles. The van der Waals surface area contributed by atoms with Crippen molar-refractivity contribution in [2.24, 2.45) is 7.05 Å². The zero-order valence-electron chi connectivity index (χ0n) is 5.94. The first-order valence-electron chi connectivity index (χ1n) is 3.12. The van der Waals surface area contributed by atoms with E-state index >= 15 is 0 Å². The SMILES string of the molecule is Cc1nn2nccc2n1C. The number of aromatic nitrogens is 4. The topological polar surface area (TPSA) is 35.1 Å². The average molecular weight is 136 g/mol. The second kappa shape index (κ2) is 1.59. The molecule has 0 bridgehead atoms. The maximum atomic E-state index is 4.14. The van der Waals surface area contributed by atoms with Crippen LogP contribution in [0.5, 0.6) is 0 Å². The van der Waals surface area contributed by atoms with Gasteiger partial charge in [0.2, 0.25) is 0 Å². The maximum Gasteiger partial charge on any atom is 0.157 e. The standard InChI is InChI=1S/C6H8N4/c1-5-8-10-6(9(5)2)3-4-7-10/h3-4H,1-2H3. The Hall–Kier alpha value is -1.32. The van der Waals surface area contributed by atoms with E-state index in [1.54, 1.807) is 10.8 Å². The van der Waals surface area contributed by atoms with Crippen LogP contribution in [0.2, 0.25) is 0 Å². The van der Waals surface area contributed by atoms with Gasteiger partial charge in [0.25, 0.3) is 0 Å². The van der Waals surface area contributed by atoms with E-state index in [9.17, 15) is 0 Å². The molecule has 10 heavy (non-hydrogen) atoms. The van der Waals surface area contributed by atoms with Gasteiger partial charge < -0.3 is 4.57 Å². The van der Waals surface area contributed by atoms with Crippen LogP contribution in [0.3, 0.4) is 0 Å². The van der Waals surface area contributed by atoms with E-state index in [0.717, 1.165) is 11.5 Å². The van der Waals surface area contributed by atoms with Crippen LogP contribution in [-0.2, 0) is 7.05 Å². The van der Waals surface area contributed by atoms with Crippen molar-refractivity contribution < 1.29 is 0 Å². The van der Waals surface area contributed by atoms with Crippen molar-refractivity contribution >= 4 is 5.65 Å². The van der Waals surface area contributed by atoms with Gasteiger partial charge in [0, 0.05) is 13.1 Å². The lowest BCUT2D eigenvalue weighted by Crippen LogP contribution is -1.89. The minimum Gasteiger partial charge on any atom is -0.315 e. The summed E-state index contributed by atoms with van der Waals surface area (Å²) in [5.41, 5.74) is 1.03. The highest BCUT2D eigenvalue weighted by atomic mass is 15.5. The summed E-state index contributed by atoms with van der Waals surface area (Å²) in [5, 5.41) is 8.13. The van der Waals surface area contributed by atoms with Gasteiger partial charge in [-0.15, -0.1) is 9.73 Å². The molecule has 0 spiro atoms. The van der Waals surface area contributed by atoms with Crippen LogP contribution in [-0.4, -0.2) is 19.4 Å². The third kappa shape index (κ3) is 0.504. The third-order valence-electron chi connectivity index (χ3n) is 1.67. The Balaban J connectivity index is 2.95. The van der Waals surface area contributed by atoms with Crippen molar-refractivity contribution in [3.8, 4) is 0 Å². The van der Waals surface area contributed by atoms with Gasteiger partial charge in [-0.25, -0.2) is 0 Å². The molecule has 0 fully saturated rings. The first kappa shape index (κ1) is 5.46. The summed E-state index contributed by atoms with van der Waals surface area (Å²) in [6, 6.07) is 1.93. The van der Waals surface area contributed by atoms with Crippen LogP contribution in [0.1, 0.15) is 5.82 Å². The molecule has 0 atom stereocenters. The van der Waals surface area contributed by atoms with Gasteiger partial charge in [0.05, 0.1) is 6.20 Å². The smallest absolute Gasteiger partial charge is 0.157 e. The normalized spacial score (nSPS) is 11.0. The van der Waals surface area contributed by atoms with Crippen molar-refractivity contribution in [2.45, 2.75) is 6.92 Å². The van der Waals surface area contributed by atoms with Gasteiger partial charge >= 0.3 is 0 Å². The molecule has 0 N–H and O–H groups in total. The summed E-state index contributed by atoms with van der Waals surface area (Å²) >= 11 is 0. The molecule has 0 saturated heterocycles. The second-order valence-electron chi connectivity index (χ2n) is 2.29. The van der Waals surface area contributed by atoms with E-state index in [1.165, 1.54) is 0 Å². The molecule has 4 nitrogen and oxygen atoms in total. The molecule has 2 aromatic heterocycles. The number of hydrogen-bond acceptors (Lipinski definition) is 2. The van der Waals surface area contributed by atoms with Crippen LogP contribution in [0.15, 0.2) is 12.3 Å². The molecule has 2 heterocycles.